The number of aliphatic hydroxyl groups is 1. The van der Waals surface area contributed by atoms with Gasteiger partial charge in [-0.05, 0) is 12.8 Å². The number of quaternary nitrogens is 1. The number of unbranched alkanes of at least 4 members (excludes halogenated alkanes) is 16. The Morgan fingerprint density at radius 3 is 1.70 bits per heavy atom. The molecular weight excluding hydrogens is 527 g/mol. The van der Waals surface area contributed by atoms with E-state index in [4.69, 9.17) is 9.05 Å². The van der Waals surface area contributed by atoms with Crippen LogP contribution in [0.15, 0.2) is 0 Å². The fraction of sp³-hybridized carbons (Fsp3) is 0.968. The van der Waals surface area contributed by atoms with Crippen LogP contribution in [0.3, 0.4) is 0 Å². The summed E-state index contributed by atoms with van der Waals surface area (Å²) in [6.45, 7) is 4.64. The Morgan fingerprint density at radius 2 is 1.23 bits per heavy atom. The number of amides is 1. The molecule has 0 saturated carbocycles. The lowest BCUT2D eigenvalue weighted by atomic mass is 10.0. The van der Waals surface area contributed by atoms with Crippen LogP contribution in [0.4, 0.5) is 0 Å². The zero-order chi connectivity index (χ0) is 30.1. The molecule has 0 heterocycles. The highest BCUT2D eigenvalue weighted by Crippen LogP contribution is 2.38. The van der Waals surface area contributed by atoms with Gasteiger partial charge in [-0.2, -0.15) is 0 Å². The average Bonchev–Trinajstić information content (AvgIpc) is 2.88. The fourth-order valence-corrected chi connectivity index (χ4v) is 5.35. The molecule has 0 rings (SSSR count). The summed E-state index contributed by atoms with van der Waals surface area (Å²) in [7, 11) is 1.30. The Kier molecular flexibility index (Phi) is 24.7. The summed E-state index contributed by atoms with van der Waals surface area (Å²) in [5.74, 6) is -0.173. The maximum atomic E-state index is 12.6. The highest BCUT2D eigenvalue weighted by molar-refractivity contribution is 7.45. The number of nitrogens with zero attached hydrogens (tertiary/aromatic N) is 1. The molecule has 2 N–H and O–H groups in total. The third-order valence-corrected chi connectivity index (χ3v) is 8.31. The first kappa shape index (κ1) is 39.5. The summed E-state index contributed by atoms with van der Waals surface area (Å²) in [5, 5.41) is 13.7. The van der Waals surface area contributed by atoms with Gasteiger partial charge in [0.2, 0.25) is 5.91 Å². The Bertz CT molecular complexity index is 644. The lowest BCUT2D eigenvalue weighted by Crippen LogP contribution is -2.46. The van der Waals surface area contributed by atoms with Crippen LogP contribution in [0.2, 0.25) is 0 Å². The van der Waals surface area contributed by atoms with E-state index in [1.54, 1.807) is 0 Å². The lowest BCUT2D eigenvalue weighted by Gasteiger charge is -2.30. The number of carbonyl (C=O) groups excluding carboxylic acids is 1. The van der Waals surface area contributed by atoms with Crippen LogP contribution in [-0.2, 0) is 18.4 Å². The van der Waals surface area contributed by atoms with Crippen molar-refractivity contribution in [1.29, 1.82) is 0 Å². The number of rotatable bonds is 29. The van der Waals surface area contributed by atoms with Crippen molar-refractivity contribution >= 4 is 13.7 Å². The van der Waals surface area contributed by atoms with E-state index in [0.29, 0.717) is 23.9 Å². The van der Waals surface area contributed by atoms with Gasteiger partial charge in [-0.1, -0.05) is 123 Å². The second kappa shape index (κ2) is 25.0. The molecule has 3 unspecified atom stereocenters. The van der Waals surface area contributed by atoms with Crippen LogP contribution >= 0.6 is 7.82 Å². The first-order valence-corrected chi connectivity index (χ1v) is 17.8. The Morgan fingerprint density at radius 1 is 0.775 bits per heavy atom. The molecule has 9 heteroatoms. The SMILES string of the molecule is CCCCCCCCCCCCC(O)C(COP(=O)([O-])OCC[N+](C)(C)C)NC(=O)CCCCCCCCCC. The van der Waals surface area contributed by atoms with E-state index in [1.807, 2.05) is 21.1 Å². The van der Waals surface area contributed by atoms with E-state index in [2.05, 4.69) is 19.2 Å². The van der Waals surface area contributed by atoms with Crippen molar-refractivity contribution in [1.82, 2.24) is 5.32 Å². The molecule has 0 fully saturated rings. The molecule has 240 valence electrons. The maximum Gasteiger partial charge on any atom is 0.268 e. The monoisotopic (exact) mass is 592 g/mol. The fourth-order valence-electron chi connectivity index (χ4n) is 4.62. The molecule has 8 nitrogen and oxygen atoms in total. The van der Waals surface area contributed by atoms with Gasteiger partial charge in [0, 0.05) is 6.42 Å². The Labute approximate surface area is 247 Å². The third-order valence-electron chi connectivity index (χ3n) is 7.35. The van der Waals surface area contributed by atoms with Crippen LogP contribution in [0.1, 0.15) is 142 Å². The number of likely N-dealkylation sites (N-methyl/N-ethyl adjacent to an activating group) is 1. The molecule has 3 atom stereocenters. The largest absolute Gasteiger partial charge is 0.756 e. The molecular formula is C31H65N2O6P. The number of carbonyl (C=O) groups is 1. The number of hydrogen-bond acceptors (Lipinski definition) is 6. The highest BCUT2D eigenvalue weighted by atomic mass is 31.2. The van der Waals surface area contributed by atoms with Crippen molar-refractivity contribution in [2.24, 2.45) is 0 Å². The van der Waals surface area contributed by atoms with E-state index in [-0.39, 0.29) is 19.1 Å². The third kappa shape index (κ3) is 26.4. The van der Waals surface area contributed by atoms with Gasteiger partial charge in [0.05, 0.1) is 39.9 Å². The quantitative estimate of drug-likeness (QED) is 0.0557. The number of aliphatic hydroxyl groups excluding tert-OH is 1. The number of phosphoric ester groups is 1. The van der Waals surface area contributed by atoms with Crippen molar-refractivity contribution in [2.45, 2.75) is 154 Å². The second-order valence-corrected chi connectivity index (χ2v) is 13.9. The van der Waals surface area contributed by atoms with Gasteiger partial charge in [-0.15, -0.1) is 0 Å². The minimum absolute atomic E-state index is 0.0148. The van der Waals surface area contributed by atoms with Crippen molar-refractivity contribution in [3.05, 3.63) is 0 Å². The van der Waals surface area contributed by atoms with E-state index in [0.717, 1.165) is 38.5 Å². The van der Waals surface area contributed by atoms with E-state index < -0.39 is 20.0 Å². The van der Waals surface area contributed by atoms with Gasteiger partial charge >= 0.3 is 0 Å². The smallest absolute Gasteiger partial charge is 0.268 e. The topological polar surface area (TPSA) is 108 Å². The van der Waals surface area contributed by atoms with Crippen molar-refractivity contribution in [3.63, 3.8) is 0 Å². The van der Waals surface area contributed by atoms with Crippen LogP contribution in [0, 0.1) is 0 Å². The first-order chi connectivity index (χ1) is 19.0. The van der Waals surface area contributed by atoms with Gasteiger partial charge in [-0.25, -0.2) is 0 Å². The number of nitrogens with one attached hydrogen (secondary N) is 1. The van der Waals surface area contributed by atoms with Gasteiger partial charge in [-0.3, -0.25) is 9.36 Å². The van der Waals surface area contributed by atoms with Crippen LogP contribution in [0.25, 0.3) is 0 Å². The summed E-state index contributed by atoms with van der Waals surface area (Å²) in [4.78, 5) is 24.9. The predicted molar refractivity (Wildman–Crippen MR) is 164 cm³/mol. The molecule has 0 bridgehead atoms. The molecule has 1 amide bonds. The maximum absolute atomic E-state index is 12.6. The number of hydrogen-bond donors (Lipinski definition) is 2. The normalized spacial score (nSPS) is 15.1. The minimum atomic E-state index is -4.53. The Balaban J connectivity index is 4.56. The summed E-state index contributed by atoms with van der Waals surface area (Å²) in [5.41, 5.74) is 0. The zero-order valence-electron chi connectivity index (χ0n) is 26.8. The van der Waals surface area contributed by atoms with Gasteiger partial charge in [0.25, 0.3) is 7.82 Å². The molecule has 0 spiro atoms. The van der Waals surface area contributed by atoms with E-state index in [1.165, 1.54) is 77.0 Å². The first-order valence-electron chi connectivity index (χ1n) is 16.4. The molecule has 0 aliphatic heterocycles. The second-order valence-electron chi connectivity index (χ2n) is 12.5. The van der Waals surface area contributed by atoms with E-state index in [9.17, 15) is 19.4 Å². The summed E-state index contributed by atoms with van der Waals surface area (Å²) >= 11 is 0. The molecule has 0 saturated heterocycles. The van der Waals surface area contributed by atoms with E-state index >= 15 is 0 Å². The molecule has 0 aromatic rings. The molecule has 0 aromatic carbocycles. The van der Waals surface area contributed by atoms with Crippen molar-refractivity contribution in [3.8, 4) is 0 Å². The molecule has 40 heavy (non-hydrogen) atoms. The molecule has 0 radical (unpaired) electrons. The predicted octanol–water partition coefficient (Wildman–Crippen LogP) is 6.88. The average molecular weight is 593 g/mol. The van der Waals surface area contributed by atoms with Crippen LogP contribution in [-0.4, -0.2) is 68.5 Å². The summed E-state index contributed by atoms with van der Waals surface area (Å²) < 4.78 is 23.0. The Hall–Kier alpha value is -0.500. The van der Waals surface area contributed by atoms with Gasteiger partial charge < -0.3 is 28.8 Å². The molecule has 0 aliphatic rings. The van der Waals surface area contributed by atoms with Crippen molar-refractivity contribution in [2.75, 3.05) is 40.9 Å². The minimum Gasteiger partial charge on any atom is -0.756 e. The summed E-state index contributed by atoms with van der Waals surface area (Å²) in [6.07, 6.45) is 21.1. The standard InChI is InChI=1S/C31H65N2O6P/c1-6-8-10-12-14-16-17-18-20-22-24-30(34)29(28-39-40(36,37)38-27-26-33(3,4)5)32-31(35)25-23-21-19-15-13-11-9-7-2/h29-30,34H,6-28H2,1-5H3,(H-,32,35,36,37). The molecule has 0 aliphatic carbocycles. The number of phosphoric acid groups is 1. The molecule has 0 aromatic heterocycles. The zero-order valence-corrected chi connectivity index (χ0v) is 27.7. The van der Waals surface area contributed by atoms with Crippen LogP contribution < -0.4 is 10.2 Å². The lowest BCUT2D eigenvalue weighted by molar-refractivity contribution is -0.870. The summed E-state index contributed by atoms with van der Waals surface area (Å²) in [6, 6.07) is -0.788. The van der Waals surface area contributed by atoms with Gasteiger partial charge in [0.1, 0.15) is 13.2 Å². The van der Waals surface area contributed by atoms with Gasteiger partial charge in [0.15, 0.2) is 0 Å². The van der Waals surface area contributed by atoms with Crippen LogP contribution in [0.5, 0.6) is 0 Å². The van der Waals surface area contributed by atoms with Crippen molar-refractivity contribution < 1.29 is 32.9 Å². The highest BCUT2D eigenvalue weighted by Gasteiger charge is 2.24.